The smallest absolute Gasteiger partial charge is 0.244 e. The molecule has 0 bridgehead atoms. The Kier molecular flexibility index (Phi) is 5.09. The van der Waals surface area contributed by atoms with Gasteiger partial charge in [-0.05, 0) is 35.9 Å². The van der Waals surface area contributed by atoms with E-state index in [1.807, 2.05) is 23.6 Å². The van der Waals surface area contributed by atoms with E-state index in [2.05, 4.69) is 15.4 Å². The highest BCUT2D eigenvalue weighted by Crippen LogP contribution is 2.32. The number of thiazole rings is 1. The molecule has 1 amide bonds. The van der Waals surface area contributed by atoms with Gasteiger partial charge in [-0.15, -0.1) is 16.4 Å². The van der Waals surface area contributed by atoms with Crippen LogP contribution in [0.1, 0.15) is 11.3 Å². The molecular weight excluding hydrogens is 419 g/mol. The number of carbonyl (C=O) groups excluding carboxylic acids is 1. The first-order valence-electron chi connectivity index (χ1n) is 9.60. The highest BCUT2D eigenvalue weighted by atomic mass is 32.1. The van der Waals surface area contributed by atoms with Crippen molar-refractivity contribution in [3.8, 4) is 22.9 Å². The second-order valence-electron chi connectivity index (χ2n) is 6.85. The van der Waals surface area contributed by atoms with Gasteiger partial charge in [0.25, 0.3) is 0 Å². The van der Waals surface area contributed by atoms with Crippen molar-refractivity contribution in [2.75, 3.05) is 13.3 Å². The Morgan fingerprint density at radius 3 is 3.03 bits per heavy atom. The fraction of sp³-hybridized carbons (Fsp3) is 0.136. The van der Waals surface area contributed by atoms with E-state index in [9.17, 15) is 9.18 Å². The van der Waals surface area contributed by atoms with Crippen molar-refractivity contribution in [1.29, 1.82) is 0 Å². The van der Waals surface area contributed by atoms with Crippen molar-refractivity contribution < 1.29 is 18.7 Å². The SMILES string of the molecule is O=C(C=Cc1ccc2c(c1)OCO2)NCCc1csc2nc(-c3cccc(F)c3)nn12. The van der Waals surface area contributed by atoms with E-state index in [1.54, 1.807) is 22.7 Å². The van der Waals surface area contributed by atoms with Crippen LogP contribution in [0.25, 0.3) is 22.4 Å². The zero-order valence-electron chi connectivity index (χ0n) is 16.2. The lowest BCUT2D eigenvalue weighted by Crippen LogP contribution is -2.23. The van der Waals surface area contributed by atoms with Gasteiger partial charge in [0.15, 0.2) is 17.3 Å². The van der Waals surface area contributed by atoms with Crippen LogP contribution in [0.5, 0.6) is 11.5 Å². The average molecular weight is 436 g/mol. The second kappa shape index (κ2) is 8.19. The number of hydrogen-bond acceptors (Lipinski definition) is 6. The number of ether oxygens (including phenoxy) is 2. The Balaban J connectivity index is 1.19. The van der Waals surface area contributed by atoms with Crippen molar-refractivity contribution in [1.82, 2.24) is 19.9 Å². The molecule has 31 heavy (non-hydrogen) atoms. The summed E-state index contributed by atoms with van der Waals surface area (Å²) in [6, 6.07) is 11.7. The molecule has 0 saturated carbocycles. The van der Waals surface area contributed by atoms with Gasteiger partial charge in [-0.25, -0.2) is 8.91 Å². The number of aromatic nitrogens is 3. The van der Waals surface area contributed by atoms with Gasteiger partial charge in [-0.1, -0.05) is 18.2 Å². The van der Waals surface area contributed by atoms with E-state index >= 15 is 0 Å². The molecule has 1 aliphatic rings. The number of nitrogens with zero attached hydrogens (tertiary/aromatic N) is 3. The molecule has 2 aromatic carbocycles. The first kappa shape index (κ1) is 19.3. The highest BCUT2D eigenvalue weighted by molar-refractivity contribution is 7.15. The van der Waals surface area contributed by atoms with Crippen LogP contribution in [-0.2, 0) is 11.2 Å². The minimum Gasteiger partial charge on any atom is -0.454 e. The maximum atomic E-state index is 13.5. The van der Waals surface area contributed by atoms with Crippen LogP contribution in [-0.4, -0.2) is 33.8 Å². The lowest BCUT2D eigenvalue weighted by molar-refractivity contribution is -0.116. The molecular formula is C22H17FN4O3S. The van der Waals surface area contributed by atoms with Gasteiger partial charge < -0.3 is 14.8 Å². The van der Waals surface area contributed by atoms with Crippen molar-refractivity contribution in [3.05, 3.63) is 71.0 Å². The molecule has 3 heterocycles. The zero-order chi connectivity index (χ0) is 21.2. The molecule has 1 aliphatic heterocycles. The molecule has 5 rings (SSSR count). The minimum atomic E-state index is -0.326. The third-order valence-corrected chi connectivity index (χ3v) is 5.60. The standard InChI is InChI=1S/C22H17FN4O3S/c23-16-3-1-2-15(11-16)21-25-22-27(26-21)17(12-31-22)8-9-24-20(28)7-5-14-4-6-18-19(10-14)30-13-29-18/h1-7,10-12H,8-9,13H2,(H,24,28). The normalized spacial score (nSPS) is 12.7. The Morgan fingerprint density at radius 2 is 2.13 bits per heavy atom. The fourth-order valence-electron chi connectivity index (χ4n) is 3.21. The van der Waals surface area contributed by atoms with Crippen molar-refractivity contribution >= 4 is 28.3 Å². The number of benzene rings is 2. The molecule has 0 fully saturated rings. The van der Waals surface area contributed by atoms with Crippen LogP contribution in [0.3, 0.4) is 0 Å². The molecule has 9 heteroatoms. The van der Waals surface area contributed by atoms with Gasteiger partial charge in [-0.3, -0.25) is 4.79 Å². The predicted octanol–water partition coefficient (Wildman–Crippen LogP) is 3.70. The lowest BCUT2D eigenvalue weighted by atomic mass is 10.2. The summed E-state index contributed by atoms with van der Waals surface area (Å²) in [6.45, 7) is 0.666. The molecule has 0 radical (unpaired) electrons. The van der Waals surface area contributed by atoms with E-state index < -0.39 is 0 Å². The topological polar surface area (TPSA) is 77.8 Å². The van der Waals surface area contributed by atoms with Crippen molar-refractivity contribution in [2.24, 2.45) is 0 Å². The monoisotopic (exact) mass is 436 g/mol. The van der Waals surface area contributed by atoms with Crippen molar-refractivity contribution in [2.45, 2.75) is 6.42 Å². The molecule has 0 aliphatic carbocycles. The summed E-state index contributed by atoms with van der Waals surface area (Å²) < 4.78 is 25.8. The van der Waals surface area contributed by atoms with Gasteiger partial charge in [0.2, 0.25) is 17.7 Å². The number of halogens is 1. The summed E-state index contributed by atoms with van der Waals surface area (Å²) in [4.78, 5) is 17.3. The number of amides is 1. The summed E-state index contributed by atoms with van der Waals surface area (Å²) in [5.41, 5.74) is 2.41. The molecule has 0 atom stereocenters. The van der Waals surface area contributed by atoms with Crippen LogP contribution in [0.4, 0.5) is 4.39 Å². The molecule has 0 unspecified atom stereocenters. The number of carbonyl (C=O) groups is 1. The third-order valence-electron chi connectivity index (χ3n) is 4.74. The highest BCUT2D eigenvalue weighted by Gasteiger charge is 2.13. The van der Waals surface area contributed by atoms with Crippen molar-refractivity contribution in [3.63, 3.8) is 0 Å². The second-order valence-corrected chi connectivity index (χ2v) is 7.69. The molecule has 0 saturated heterocycles. The Hall–Kier alpha value is -3.72. The Labute approximate surface area is 180 Å². The Bertz CT molecular complexity index is 1300. The molecule has 156 valence electrons. The summed E-state index contributed by atoms with van der Waals surface area (Å²) in [5.74, 6) is 1.34. The zero-order valence-corrected chi connectivity index (χ0v) is 17.1. The van der Waals surface area contributed by atoms with Crippen LogP contribution in [0.15, 0.2) is 53.9 Å². The largest absolute Gasteiger partial charge is 0.454 e. The first-order valence-corrected chi connectivity index (χ1v) is 10.5. The summed E-state index contributed by atoms with van der Waals surface area (Å²) in [5, 5.41) is 9.31. The van der Waals surface area contributed by atoms with Gasteiger partial charge in [-0.2, -0.15) is 4.98 Å². The lowest BCUT2D eigenvalue weighted by Gasteiger charge is -2.02. The number of fused-ring (bicyclic) bond motifs is 2. The maximum absolute atomic E-state index is 13.5. The van der Waals surface area contributed by atoms with E-state index in [0.717, 1.165) is 16.2 Å². The Morgan fingerprint density at radius 1 is 1.23 bits per heavy atom. The van der Waals surface area contributed by atoms with E-state index in [1.165, 1.54) is 29.5 Å². The number of hydrogen-bond donors (Lipinski definition) is 1. The van der Waals surface area contributed by atoms with Gasteiger partial charge >= 0.3 is 0 Å². The number of nitrogens with one attached hydrogen (secondary N) is 1. The summed E-state index contributed by atoms with van der Waals surface area (Å²) >= 11 is 1.46. The number of rotatable bonds is 6. The molecule has 0 spiro atoms. The van der Waals surface area contributed by atoms with Crippen LogP contribution in [0, 0.1) is 5.82 Å². The van der Waals surface area contributed by atoms with Crippen LogP contribution in [0.2, 0.25) is 0 Å². The molecule has 4 aromatic rings. The van der Waals surface area contributed by atoms with Gasteiger partial charge in [0, 0.05) is 30.0 Å². The minimum absolute atomic E-state index is 0.191. The quantitative estimate of drug-likeness (QED) is 0.467. The molecule has 1 N–H and O–H groups in total. The summed E-state index contributed by atoms with van der Waals surface area (Å²) in [6.07, 6.45) is 3.80. The van der Waals surface area contributed by atoms with E-state index in [4.69, 9.17) is 9.47 Å². The predicted molar refractivity (Wildman–Crippen MR) is 115 cm³/mol. The average Bonchev–Trinajstić information content (AvgIpc) is 3.48. The van der Waals surface area contributed by atoms with E-state index in [-0.39, 0.29) is 18.5 Å². The molecule has 2 aromatic heterocycles. The third kappa shape index (κ3) is 4.13. The summed E-state index contributed by atoms with van der Waals surface area (Å²) in [7, 11) is 0. The van der Waals surface area contributed by atoms with Gasteiger partial charge in [0.1, 0.15) is 5.82 Å². The maximum Gasteiger partial charge on any atom is 0.244 e. The van der Waals surface area contributed by atoms with Crippen LogP contribution < -0.4 is 14.8 Å². The van der Waals surface area contributed by atoms with Crippen LogP contribution >= 0.6 is 11.3 Å². The first-order chi connectivity index (χ1) is 15.2. The van der Waals surface area contributed by atoms with Gasteiger partial charge in [0.05, 0.1) is 5.69 Å². The fourth-order valence-corrected chi connectivity index (χ4v) is 4.06. The van der Waals surface area contributed by atoms with E-state index in [0.29, 0.717) is 35.9 Å². The molecule has 7 nitrogen and oxygen atoms in total.